The number of amides is 2. The Morgan fingerprint density at radius 3 is 2.21 bits per heavy atom. The van der Waals surface area contributed by atoms with Gasteiger partial charge in [-0.05, 0) is 70.0 Å². The zero-order valence-corrected chi connectivity index (χ0v) is 35.1. The van der Waals surface area contributed by atoms with E-state index in [0.29, 0.717) is 79.4 Å². The summed E-state index contributed by atoms with van der Waals surface area (Å²) < 4.78 is 17.0. The van der Waals surface area contributed by atoms with E-state index in [0.717, 1.165) is 37.8 Å². The first kappa shape index (κ1) is 43.0. The van der Waals surface area contributed by atoms with Gasteiger partial charge in [-0.25, -0.2) is 0 Å². The SMILES string of the molecule is CC(=N)N1C(=N)[C@H](CC(=O)NCCOCCOCCOCCNc2cccc(C(=O)NC3=NC(C)C(C)S3)c2C)N=C(c2ccc(Cl)cc2)c2c1sc(C)c2C. The highest BCUT2D eigenvalue weighted by Crippen LogP contribution is 2.40. The summed E-state index contributed by atoms with van der Waals surface area (Å²) in [5.74, 6) is -0.168. The number of thiophene rings is 1. The number of rotatable bonds is 17. The molecule has 2 amide bonds. The zero-order chi connectivity index (χ0) is 40.4. The number of carbonyl (C=O) groups is 2. The first-order valence-corrected chi connectivity index (χ1v) is 20.7. The first-order chi connectivity index (χ1) is 26.8. The van der Waals surface area contributed by atoms with Crippen LogP contribution in [0.5, 0.6) is 0 Å². The lowest BCUT2D eigenvalue weighted by molar-refractivity contribution is -0.121. The maximum Gasteiger partial charge on any atom is 0.257 e. The van der Waals surface area contributed by atoms with Gasteiger partial charge in [-0.15, -0.1) is 11.3 Å². The molecule has 0 fully saturated rings. The van der Waals surface area contributed by atoms with E-state index in [1.165, 1.54) is 11.3 Å². The van der Waals surface area contributed by atoms with Gasteiger partial charge in [0.25, 0.3) is 5.91 Å². The number of aryl methyl sites for hydroxylation is 1. The van der Waals surface area contributed by atoms with Crippen LogP contribution in [0.15, 0.2) is 52.4 Å². The monoisotopic (exact) mass is 822 g/mol. The molecule has 0 saturated heterocycles. The van der Waals surface area contributed by atoms with Crippen molar-refractivity contribution in [2.45, 2.75) is 65.3 Å². The van der Waals surface area contributed by atoms with E-state index >= 15 is 0 Å². The van der Waals surface area contributed by atoms with Crippen molar-refractivity contribution < 1.29 is 23.8 Å². The fraction of sp³-hybridized carbons (Fsp3) is 0.450. The number of nitrogens with one attached hydrogen (secondary N) is 5. The van der Waals surface area contributed by atoms with E-state index < -0.39 is 6.04 Å². The van der Waals surface area contributed by atoms with Gasteiger partial charge in [0.1, 0.15) is 22.7 Å². The van der Waals surface area contributed by atoms with E-state index in [-0.39, 0.29) is 35.9 Å². The molecule has 0 spiro atoms. The Labute approximate surface area is 342 Å². The van der Waals surface area contributed by atoms with Gasteiger partial charge in [-0.3, -0.25) is 35.3 Å². The molecule has 3 atom stereocenters. The average Bonchev–Trinajstić information content (AvgIpc) is 3.59. The van der Waals surface area contributed by atoms with Crippen LogP contribution in [0.1, 0.15) is 64.7 Å². The summed E-state index contributed by atoms with van der Waals surface area (Å²) in [4.78, 5) is 38.1. The number of fused-ring (bicyclic) bond motifs is 1. The summed E-state index contributed by atoms with van der Waals surface area (Å²) in [5, 5.41) is 29.1. The molecule has 300 valence electrons. The van der Waals surface area contributed by atoms with E-state index in [1.807, 2.05) is 58.0 Å². The molecule has 3 heterocycles. The highest BCUT2D eigenvalue weighted by molar-refractivity contribution is 8.14. The molecule has 0 bridgehead atoms. The molecule has 2 aliphatic heterocycles. The third-order valence-corrected chi connectivity index (χ3v) is 12.1. The summed E-state index contributed by atoms with van der Waals surface area (Å²) in [6.07, 6.45) is -0.0524. The number of thioether (sulfide) groups is 1. The molecular weight excluding hydrogens is 772 g/mol. The lowest BCUT2D eigenvalue weighted by Crippen LogP contribution is -2.42. The highest BCUT2D eigenvalue weighted by Gasteiger charge is 2.35. The second kappa shape index (κ2) is 20.3. The number of halogens is 1. The van der Waals surface area contributed by atoms with Gasteiger partial charge in [0.15, 0.2) is 5.17 Å². The minimum Gasteiger partial charge on any atom is -0.382 e. The standard InChI is InChI=1S/C40H51ClN8O5S2/c1-23-26(4)55-39-35(23)36(29-10-12-30(41)13-11-29)47-33(37(43)49(39)28(6)42)22-34(50)45-15-17-53-19-21-54-20-18-52-16-14-44-32-9-7-8-31(24(32)2)38(51)48-40-46-25(3)27(5)56-40/h7-13,25,27,33,42-44H,14-22H2,1-6H3,(H,45,50)(H,46,48,51)/t25?,27?,33-/m0/s1. The molecular formula is C40H51ClN8O5S2. The molecule has 2 aromatic carbocycles. The molecule has 2 aliphatic rings. The van der Waals surface area contributed by atoms with Crippen molar-refractivity contribution in [1.29, 1.82) is 10.8 Å². The van der Waals surface area contributed by atoms with E-state index in [2.05, 4.69) is 27.9 Å². The van der Waals surface area contributed by atoms with Gasteiger partial charge < -0.3 is 30.2 Å². The van der Waals surface area contributed by atoms with Crippen LogP contribution in [-0.4, -0.2) is 104 Å². The largest absolute Gasteiger partial charge is 0.382 e. The van der Waals surface area contributed by atoms with Gasteiger partial charge in [0.05, 0.1) is 57.8 Å². The van der Waals surface area contributed by atoms with Crippen molar-refractivity contribution in [3.05, 3.63) is 80.2 Å². The maximum absolute atomic E-state index is 13.1. The molecule has 5 rings (SSSR count). The molecule has 1 aromatic heterocycles. The van der Waals surface area contributed by atoms with Gasteiger partial charge in [0, 0.05) is 50.6 Å². The van der Waals surface area contributed by atoms with Crippen LogP contribution >= 0.6 is 34.7 Å². The van der Waals surface area contributed by atoms with Gasteiger partial charge in [0.2, 0.25) is 5.91 Å². The smallest absolute Gasteiger partial charge is 0.257 e. The van der Waals surface area contributed by atoms with Gasteiger partial charge in [-0.2, -0.15) is 0 Å². The van der Waals surface area contributed by atoms with Crippen LogP contribution < -0.4 is 20.9 Å². The molecule has 0 saturated carbocycles. The van der Waals surface area contributed by atoms with Crippen molar-refractivity contribution >= 4 is 79.8 Å². The fourth-order valence-electron chi connectivity index (χ4n) is 6.09. The highest BCUT2D eigenvalue weighted by atomic mass is 35.5. The van der Waals surface area contributed by atoms with Crippen LogP contribution in [0, 0.1) is 31.6 Å². The molecule has 0 aliphatic carbocycles. The van der Waals surface area contributed by atoms with E-state index in [4.69, 9.17) is 41.6 Å². The quantitative estimate of drug-likeness (QED) is 0.0575. The third kappa shape index (κ3) is 11.0. The Bertz CT molecular complexity index is 1970. The van der Waals surface area contributed by atoms with Crippen LogP contribution in [0.3, 0.4) is 0 Å². The van der Waals surface area contributed by atoms with Crippen molar-refractivity contribution in [3.8, 4) is 0 Å². The summed E-state index contributed by atoms with van der Waals surface area (Å²) >= 11 is 9.28. The Kier molecular flexibility index (Phi) is 15.6. The van der Waals surface area contributed by atoms with Crippen molar-refractivity contribution in [3.63, 3.8) is 0 Å². The van der Waals surface area contributed by atoms with Gasteiger partial charge in [-0.1, -0.05) is 48.5 Å². The Morgan fingerprint density at radius 2 is 1.57 bits per heavy atom. The summed E-state index contributed by atoms with van der Waals surface area (Å²) in [6, 6.07) is 12.4. The normalized spacial score (nSPS) is 17.9. The van der Waals surface area contributed by atoms with Gasteiger partial charge >= 0.3 is 0 Å². The van der Waals surface area contributed by atoms with Crippen molar-refractivity contribution in [2.75, 3.05) is 62.9 Å². The lowest BCUT2D eigenvalue weighted by atomic mass is 9.99. The molecule has 5 N–H and O–H groups in total. The van der Waals surface area contributed by atoms with Crippen molar-refractivity contribution in [1.82, 2.24) is 10.6 Å². The predicted molar refractivity (Wildman–Crippen MR) is 229 cm³/mol. The molecule has 2 unspecified atom stereocenters. The number of benzene rings is 2. The number of hydrogen-bond acceptors (Lipinski definition) is 12. The maximum atomic E-state index is 13.1. The number of nitrogens with zero attached hydrogens (tertiary/aromatic N) is 3. The Hall–Kier alpha value is -4.12. The number of anilines is 2. The Balaban J connectivity index is 0.973. The third-order valence-electron chi connectivity index (χ3n) is 9.45. The van der Waals surface area contributed by atoms with Crippen LogP contribution in [0.2, 0.25) is 5.02 Å². The minimum atomic E-state index is -0.800. The summed E-state index contributed by atoms with van der Waals surface area (Å²) in [6.45, 7) is 15.0. The van der Waals surface area contributed by atoms with Crippen LogP contribution in [0.25, 0.3) is 0 Å². The topological polar surface area (TPSA) is 174 Å². The van der Waals surface area contributed by atoms with E-state index in [9.17, 15) is 9.59 Å². The van der Waals surface area contributed by atoms with Crippen molar-refractivity contribution in [2.24, 2.45) is 9.98 Å². The molecule has 16 heteroatoms. The molecule has 3 aromatic rings. The fourth-order valence-corrected chi connectivity index (χ4v) is 8.43. The average molecular weight is 823 g/mol. The second-order valence-corrected chi connectivity index (χ2v) is 16.5. The van der Waals surface area contributed by atoms with E-state index in [1.54, 1.807) is 35.7 Å². The number of carbonyl (C=O) groups excluding carboxylic acids is 2. The van der Waals surface area contributed by atoms with Crippen LogP contribution in [0.4, 0.5) is 10.7 Å². The number of hydrogen-bond donors (Lipinski definition) is 5. The van der Waals surface area contributed by atoms with Crippen LogP contribution in [-0.2, 0) is 19.0 Å². The predicted octanol–water partition coefficient (Wildman–Crippen LogP) is 6.61. The molecule has 13 nitrogen and oxygen atoms in total. The molecule has 56 heavy (non-hydrogen) atoms. The first-order valence-electron chi connectivity index (χ1n) is 18.6. The minimum absolute atomic E-state index is 0.0524. The molecule has 0 radical (unpaired) electrons. The second-order valence-electron chi connectivity index (χ2n) is 13.5. The number of amidine groups is 3. The number of aliphatic imine (C=N–C) groups is 2. The lowest BCUT2D eigenvalue weighted by Gasteiger charge is -2.24. The summed E-state index contributed by atoms with van der Waals surface area (Å²) in [7, 11) is 0. The summed E-state index contributed by atoms with van der Waals surface area (Å²) in [5.41, 5.74) is 5.74. The zero-order valence-electron chi connectivity index (χ0n) is 32.7. The Morgan fingerprint density at radius 1 is 0.911 bits per heavy atom. The number of ether oxygens (including phenoxy) is 3.